The number of carbonyl (C=O) groups excluding carboxylic acids is 2. The van der Waals surface area contributed by atoms with E-state index in [4.69, 9.17) is 9.47 Å². The molecule has 0 aromatic heterocycles. The van der Waals surface area contributed by atoms with Crippen LogP contribution in [0.3, 0.4) is 0 Å². The summed E-state index contributed by atoms with van der Waals surface area (Å²) in [5.74, 6) is 1.05. The molecular formula is C12H17NO4S. The maximum Gasteiger partial charge on any atom is 0.408 e. The predicted octanol–water partition coefficient (Wildman–Crippen LogP) is 1.17. The Morgan fingerprint density at radius 3 is 2.89 bits per heavy atom. The lowest BCUT2D eigenvalue weighted by atomic mass is 9.72. The van der Waals surface area contributed by atoms with E-state index in [9.17, 15) is 9.59 Å². The number of hydrogen-bond acceptors (Lipinski definition) is 5. The molecule has 0 spiro atoms. The summed E-state index contributed by atoms with van der Waals surface area (Å²) in [6.07, 6.45) is -0.576. The van der Waals surface area contributed by atoms with E-state index in [0.717, 1.165) is 5.75 Å². The van der Waals surface area contributed by atoms with E-state index in [0.29, 0.717) is 11.2 Å². The third kappa shape index (κ3) is 1.77. The average molecular weight is 271 g/mol. The second-order valence-corrected chi connectivity index (χ2v) is 7.27. The van der Waals surface area contributed by atoms with Crippen molar-refractivity contribution in [3.8, 4) is 0 Å². The fraction of sp³-hybridized carbons (Fsp3) is 0.833. The van der Waals surface area contributed by atoms with Gasteiger partial charge < -0.3 is 14.8 Å². The van der Waals surface area contributed by atoms with E-state index in [1.165, 1.54) is 0 Å². The lowest BCUT2D eigenvalue weighted by Gasteiger charge is -2.43. The van der Waals surface area contributed by atoms with Crippen molar-refractivity contribution in [2.24, 2.45) is 11.8 Å². The van der Waals surface area contributed by atoms with E-state index in [2.05, 4.69) is 5.32 Å². The quantitative estimate of drug-likeness (QED) is 0.725. The molecule has 0 aromatic rings. The fourth-order valence-corrected chi connectivity index (χ4v) is 4.70. The van der Waals surface area contributed by atoms with Gasteiger partial charge in [0.2, 0.25) is 0 Å². The highest BCUT2D eigenvalue weighted by molar-refractivity contribution is 8.00. The number of thioether (sulfide) groups is 1. The summed E-state index contributed by atoms with van der Waals surface area (Å²) in [6, 6.07) is -0.0914. The van der Waals surface area contributed by atoms with E-state index in [-0.39, 0.29) is 24.0 Å². The minimum absolute atomic E-state index is 0.0432. The largest absolute Gasteiger partial charge is 0.460 e. The van der Waals surface area contributed by atoms with Gasteiger partial charge in [-0.2, -0.15) is 11.8 Å². The average Bonchev–Trinajstić information content (AvgIpc) is 2.70. The van der Waals surface area contributed by atoms with Crippen molar-refractivity contribution in [1.29, 1.82) is 0 Å². The number of nitrogens with one attached hydrogen (secondary N) is 1. The number of esters is 1. The van der Waals surface area contributed by atoms with E-state index < -0.39 is 11.7 Å². The molecule has 1 aliphatic carbocycles. The summed E-state index contributed by atoms with van der Waals surface area (Å²) < 4.78 is 10.5. The van der Waals surface area contributed by atoms with Gasteiger partial charge in [0, 0.05) is 16.9 Å². The minimum Gasteiger partial charge on any atom is -0.460 e. The van der Waals surface area contributed by atoms with Gasteiger partial charge in [-0.1, -0.05) is 0 Å². The van der Waals surface area contributed by atoms with Crippen LogP contribution in [0.4, 0.5) is 4.79 Å². The summed E-state index contributed by atoms with van der Waals surface area (Å²) in [6.45, 7) is 5.48. The standard InChI is InChI=1S/C12H17NO4S/c1-12(2,3)17-11(15)13-7-8-6-5(10(14)16-8)4-18-9(6)7/h5-9H,4H2,1-3H3,(H,13,15). The molecule has 18 heavy (non-hydrogen) atoms. The van der Waals surface area contributed by atoms with E-state index in [1.54, 1.807) is 11.8 Å². The van der Waals surface area contributed by atoms with Gasteiger partial charge in [0.05, 0.1) is 12.0 Å². The molecule has 0 aromatic carbocycles. The molecule has 3 fully saturated rings. The highest BCUT2D eigenvalue weighted by Gasteiger charge is 2.66. The van der Waals surface area contributed by atoms with Gasteiger partial charge in [0.25, 0.3) is 0 Å². The zero-order valence-electron chi connectivity index (χ0n) is 10.6. The zero-order valence-corrected chi connectivity index (χ0v) is 11.5. The van der Waals surface area contributed by atoms with Gasteiger partial charge in [-0.25, -0.2) is 4.79 Å². The van der Waals surface area contributed by atoms with Crippen LogP contribution in [0.2, 0.25) is 0 Å². The van der Waals surface area contributed by atoms with Gasteiger partial charge in [-0.15, -0.1) is 0 Å². The Kier molecular flexibility index (Phi) is 2.56. The molecule has 2 heterocycles. The molecule has 1 N–H and O–H groups in total. The molecule has 2 saturated heterocycles. The van der Waals surface area contributed by atoms with Crippen LogP contribution >= 0.6 is 11.8 Å². The van der Waals surface area contributed by atoms with Crippen molar-refractivity contribution in [3.63, 3.8) is 0 Å². The Bertz CT molecular complexity index is 405. The number of ether oxygens (including phenoxy) is 2. The first kappa shape index (κ1) is 12.1. The maximum absolute atomic E-state index is 11.7. The molecule has 0 bridgehead atoms. The number of amides is 1. The van der Waals surface area contributed by atoms with Crippen LogP contribution in [-0.4, -0.2) is 40.8 Å². The normalized spacial score (nSPS) is 40.8. The van der Waals surface area contributed by atoms with Crippen LogP contribution in [0, 0.1) is 11.8 Å². The topological polar surface area (TPSA) is 64.6 Å². The van der Waals surface area contributed by atoms with Crippen LogP contribution in [-0.2, 0) is 14.3 Å². The predicted molar refractivity (Wildman–Crippen MR) is 66.3 cm³/mol. The summed E-state index contributed by atoms with van der Waals surface area (Å²) in [5.41, 5.74) is -0.509. The molecule has 0 radical (unpaired) electrons. The molecule has 5 nitrogen and oxygen atoms in total. The third-order valence-corrected chi connectivity index (χ3v) is 5.18. The molecule has 3 rings (SSSR count). The Morgan fingerprint density at radius 1 is 1.50 bits per heavy atom. The first-order chi connectivity index (χ1) is 8.37. The summed E-state index contributed by atoms with van der Waals surface area (Å²) in [4.78, 5) is 23.3. The van der Waals surface area contributed by atoms with Gasteiger partial charge >= 0.3 is 12.1 Å². The fourth-order valence-electron chi connectivity index (χ4n) is 2.91. The van der Waals surface area contributed by atoms with E-state index >= 15 is 0 Å². The van der Waals surface area contributed by atoms with E-state index in [1.807, 2.05) is 20.8 Å². The number of hydrogen-bond donors (Lipinski definition) is 1. The summed E-state index contributed by atoms with van der Waals surface area (Å²) >= 11 is 1.76. The Hall–Kier alpha value is -0.910. The van der Waals surface area contributed by atoms with Crippen molar-refractivity contribution >= 4 is 23.8 Å². The van der Waals surface area contributed by atoms with Crippen LogP contribution < -0.4 is 5.32 Å². The highest BCUT2D eigenvalue weighted by atomic mass is 32.2. The number of alkyl carbamates (subject to hydrolysis) is 1. The number of carbonyl (C=O) groups is 2. The molecule has 1 saturated carbocycles. The minimum atomic E-state index is -0.509. The second-order valence-electron chi connectivity index (χ2n) is 6.06. The van der Waals surface area contributed by atoms with Crippen molar-refractivity contribution in [2.45, 2.75) is 43.8 Å². The van der Waals surface area contributed by atoms with Crippen LogP contribution in [0.15, 0.2) is 0 Å². The molecule has 3 aliphatic rings. The highest BCUT2D eigenvalue weighted by Crippen LogP contribution is 2.55. The monoisotopic (exact) mass is 271 g/mol. The van der Waals surface area contributed by atoms with Crippen LogP contribution in [0.25, 0.3) is 0 Å². The number of rotatable bonds is 1. The van der Waals surface area contributed by atoms with Crippen LogP contribution in [0.5, 0.6) is 0 Å². The van der Waals surface area contributed by atoms with Crippen molar-refractivity contribution < 1.29 is 19.1 Å². The van der Waals surface area contributed by atoms with Crippen molar-refractivity contribution in [3.05, 3.63) is 0 Å². The zero-order chi connectivity index (χ0) is 13.1. The molecule has 1 amide bonds. The second kappa shape index (κ2) is 3.79. The molecule has 2 aliphatic heterocycles. The van der Waals surface area contributed by atoms with Gasteiger partial charge in [-0.3, -0.25) is 4.79 Å². The lowest BCUT2D eigenvalue weighted by Crippen LogP contribution is -2.63. The molecule has 5 atom stereocenters. The SMILES string of the molecule is CC(C)(C)OC(=O)NC1C2OC(=O)C3CSC1C32. The Balaban J connectivity index is 1.62. The summed E-state index contributed by atoms with van der Waals surface area (Å²) in [5, 5.41) is 3.14. The van der Waals surface area contributed by atoms with Gasteiger partial charge in [0.1, 0.15) is 11.7 Å². The first-order valence-electron chi connectivity index (χ1n) is 6.18. The maximum atomic E-state index is 11.7. The van der Waals surface area contributed by atoms with Gasteiger partial charge in [-0.05, 0) is 20.8 Å². The third-order valence-electron chi connectivity index (χ3n) is 3.64. The van der Waals surface area contributed by atoms with Crippen molar-refractivity contribution in [1.82, 2.24) is 5.32 Å². The molecular weight excluding hydrogens is 254 g/mol. The first-order valence-corrected chi connectivity index (χ1v) is 7.23. The van der Waals surface area contributed by atoms with Gasteiger partial charge in [0.15, 0.2) is 0 Å². The Labute approximate surface area is 110 Å². The molecule has 5 unspecified atom stereocenters. The van der Waals surface area contributed by atoms with Crippen LogP contribution in [0.1, 0.15) is 20.8 Å². The molecule has 100 valence electrons. The molecule has 6 heteroatoms. The smallest absolute Gasteiger partial charge is 0.408 e. The summed E-state index contributed by atoms with van der Waals surface area (Å²) in [7, 11) is 0. The van der Waals surface area contributed by atoms with Crippen molar-refractivity contribution in [2.75, 3.05) is 5.75 Å². The Morgan fingerprint density at radius 2 is 2.22 bits per heavy atom. The lowest BCUT2D eigenvalue weighted by molar-refractivity contribution is -0.145.